The number of nitrogens with one attached hydrogen (secondary N) is 1. The number of carbonyl (C=O) groups excluding carboxylic acids is 3. The van der Waals surface area contributed by atoms with Gasteiger partial charge in [-0.1, -0.05) is 41.6 Å². The molecule has 37 heavy (non-hydrogen) atoms. The van der Waals surface area contributed by atoms with Crippen LogP contribution in [0.5, 0.6) is 5.75 Å². The third-order valence-electron chi connectivity index (χ3n) is 5.43. The summed E-state index contributed by atoms with van der Waals surface area (Å²) in [6.07, 6.45) is -0.257. The van der Waals surface area contributed by atoms with Crippen LogP contribution in [0.3, 0.4) is 0 Å². The van der Waals surface area contributed by atoms with Crippen LogP contribution >= 0.6 is 11.8 Å². The summed E-state index contributed by atoms with van der Waals surface area (Å²) < 4.78 is 10.9. The van der Waals surface area contributed by atoms with Crippen molar-refractivity contribution in [1.82, 2.24) is 0 Å². The summed E-state index contributed by atoms with van der Waals surface area (Å²) in [5, 5.41) is 3.15. The molecule has 0 atom stereocenters. The van der Waals surface area contributed by atoms with Crippen molar-refractivity contribution in [2.75, 3.05) is 16.8 Å². The van der Waals surface area contributed by atoms with Crippen molar-refractivity contribution < 1.29 is 23.9 Å². The van der Waals surface area contributed by atoms with Crippen molar-refractivity contribution in [3.8, 4) is 5.75 Å². The molecule has 0 bridgehead atoms. The van der Waals surface area contributed by atoms with Gasteiger partial charge < -0.3 is 14.8 Å². The van der Waals surface area contributed by atoms with E-state index >= 15 is 0 Å². The second-order valence-electron chi connectivity index (χ2n) is 8.62. The molecule has 8 heteroatoms. The molecule has 1 heterocycles. The van der Waals surface area contributed by atoms with Crippen molar-refractivity contribution in [3.63, 3.8) is 0 Å². The Morgan fingerprint density at radius 3 is 2.27 bits per heavy atom. The van der Waals surface area contributed by atoms with E-state index in [9.17, 15) is 14.4 Å². The molecule has 190 valence electrons. The second kappa shape index (κ2) is 11.3. The van der Waals surface area contributed by atoms with Gasteiger partial charge in [0.15, 0.2) is 0 Å². The van der Waals surface area contributed by atoms with Crippen molar-refractivity contribution >= 4 is 40.9 Å². The maximum absolute atomic E-state index is 13.6. The van der Waals surface area contributed by atoms with Gasteiger partial charge >= 0.3 is 5.97 Å². The van der Waals surface area contributed by atoms with Gasteiger partial charge in [-0.25, -0.2) is 9.69 Å². The van der Waals surface area contributed by atoms with Crippen LogP contribution in [0.15, 0.2) is 88.3 Å². The zero-order valence-electron chi connectivity index (χ0n) is 21.1. The average Bonchev–Trinajstić information content (AvgIpc) is 3.10. The quantitative estimate of drug-likeness (QED) is 0.278. The molecule has 1 aliphatic heterocycles. The number of aryl methyl sites for hydroxylation is 1. The van der Waals surface area contributed by atoms with Crippen LogP contribution in [-0.4, -0.2) is 30.5 Å². The minimum Gasteiger partial charge on any atom is -0.492 e. The number of nitrogens with zero attached hydrogens (tertiary/aromatic N) is 1. The first-order chi connectivity index (χ1) is 17.8. The Morgan fingerprint density at radius 1 is 0.946 bits per heavy atom. The van der Waals surface area contributed by atoms with Crippen molar-refractivity contribution in [2.24, 2.45) is 0 Å². The predicted octanol–water partition coefficient (Wildman–Crippen LogP) is 5.95. The van der Waals surface area contributed by atoms with E-state index in [-0.39, 0.29) is 16.7 Å². The van der Waals surface area contributed by atoms with Crippen LogP contribution in [0.2, 0.25) is 0 Å². The lowest BCUT2D eigenvalue weighted by molar-refractivity contribution is -0.120. The molecule has 1 aliphatic rings. The molecule has 0 saturated carbocycles. The fourth-order valence-electron chi connectivity index (χ4n) is 3.69. The van der Waals surface area contributed by atoms with Crippen molar-refractivity contribution in [1.29, 1.82) is 0 Å². The molecule has 7 nitrogen and oxygen atoms in total. The number of ether oxygens (including phenoxy) is 2. The number of imide groups is 1. The highest BCUT2D eigenvalue weighted by atomic mass is 32.2. The van der Waals surface area contributed by atoms with Crippen molar-refractivity contribution in [3.05, 3.63) is 94.5 Å². The third-order valence-corrected chi connectivity index (χ3v) is 6.52. The molecule has 0 aromatic heterocycles. The topological polar surface area (TPSA) is 84.9 Å². The Hall–Kier alpha value is -4.04. The molecular weight excluding hydrogens is 488 g/mol. The number of thioether (sulfide) groups is 1. The number of anilines is 2. The summed E-state index contributed by atoms with van der Waals surface area (Å²) in [7, 11) is 0. The number of hydrogen-bond donors (Lipinski definition) is 1. The number of carbonyl (C=O) groups is 3. The first-order valence-corrected chi connectivity index (χ1v) is 12.8. The maximum atomic E-state index is 13.6. The molecule has 2 amide bonds. The number of esters is 1. The van der Waals surface area contributed by atoms with E-state index in [4.69, 9.17) is 9.47 Å². The highest BCUT2D eigenvalue weighted by Crippen LogP contribution is 2.39. The van der Waals surface area contributed by atoms with E-state index < -0.39 is 17.8 Å². The molecule has 4 rings (SSSR count). The molecule has 0 radical (unpaired) electrons. The van der Waals surface area contributed by atoms with Crippen LogP contribution in [0.25, 0.3) is 0 Å². The number of amides is 2. The monoisotopic (exact) mass is 516 g/mol. The van der Waals surface area contributed by atoms with Gasteiger partial charge in [-0.2, -0.15) is 0 Å². The molecule has 0 saturated heterocycles. The molecular formula is C29H28N2O5S. The number of benzene rings is 3. The van der Waals surface area contributed by atoms with Gasteiger partial charge in [0.05, 0.1) is 29.6 Å². The standard InChI is InChI=1S/C29H28N2O5S/c1-5-35-24-9-7-6-8-23(24)30-25-26(37-22-16-10-19(4)11-17-22)28(33)31(27(25)32)21-14-12-20(13-15-21)29(34)36-18(2)3/h6-18,30H,5H2,1-4H3. The number of rotatable bonds is 9. The van der Waals surface area contributed by atoms with E-state index in [1.54, 1.807) is 50.2 Å². The van der Waals surface area contributed by atoms with Crippen LogP contribution in [0.4, 0.5) is 11.4 Å². The van der Waals surface area contributed by atoms with Gasteiger partial charge in [0, 0.05) is 4.90 Å². The highest BCUT2D eigenvalue weighted by molar-refractivity contribution is 8.04. The van der Waals surface area contributed by atoms with Crippen LogP contribution in [-0.2, 0) is 14.3 Å². The first-order valence-electron chi connectivity index (χ1n) is 12.0. The molecule has 0 unspecified atom stereocenters. The smallest absolute Gasteiger partial charge is 0.338 e. The lowest BCUT2D eigenvalue weighted by Gasteiger charge is -2.16. The summed E-state index contributed by atoms with van der Waals surface area (Å²) in [5.41, 5.74) is 2.52. The Kier molecular flexibility index (Phi) is 7.98. The van der Waals surface area contributed by atoms with E-state index in [0.717, 1.165) is 15.4 Å². The van der Waals surface area contributed by atoms with E-state index in [1.165, 1.54) is 11.8 Å². The van der Waals surface area contributed by atoms with Gasteiger partial charge in [-0.05, 0) is 76.2 Å². The number of para-hydroxylation sites is 2. The molecule has 3 aromatic carbocycles. The SMILES string of the molecule is CCOc1ccccc1NC1=C(Sc2ccc(C)cc2)C(=O)N(c2ccc(C(=O)OC(C)C)cc2)C1=O. The third kappa shape index (κ3) is 5.86. The Labute approximate surface area is 220 Å². The molecule has 0 aliphatic carbocycles. The lowest BCUT2D eigenvalue weighted by Crippen LogP contribution is -2.32. The van der Waals surface area contributed by atoms with Gasteiger partial charge in [-0.3, -0.25) is 9.59 Å². The zero-order valence-corrected chi connectivity index (χ0v) is 21.9. The fraction of sp³-hybridized carbons (Fsp3) is 0.207. The van der Waals surface area contributed by atoms with E-state index in [0.29, 0.717) is 29.3 Å². The minimum atomic E-state index is -0.497. The van der Waals surface area contributed by atoms with Crippen LogP contribution in [0, 0.1) is 6.92 Å². The summed E-state index contributed by atoms with van der Waals surface area (Å²) in [4.78, 5) is 41.7. The Bertz CT molecular complexity index is 1350. The summed E-state index contributed by atoms with van der Waals surface area (Å²) >= 11 is 1.22. The zero-order chi connectivity index (χ0) is 26.5. The van der Waals surface area contributed by atoms with Crippen molar-refractivity contribution in [2.45, 2.75) is 38.7 Å². The first kappa shape index (κ1) is 26.0. The van der Waals surface area contributed by atoms with Gasteiger partial charge in [0.1, 0.15) is 16.4 Å². The van der Waals surface area contributed by atoms with Gasteiger partial charge in [0.25, 0.3) is 11.8 Å². The predicted molar refractivity (Wildman–Crippen MR) is 145 cm³/mol. The maximum Gasteiger partial charge on any atom is 0.338 e. The van der Waals surface area contributed by atoms with Crippen LogP contribution in [0.1, 0.15) is 36.7 Å². The molecule has 3 aromatic rings. The summed E-state index contributed by atoms with van der Waals surface area (Å²) in [6.45, 7) is 7.85. The molecule has 0 spiro atoms. The van der Waals surface area contributed by atoms with Gasteiger partial charge in [-0.15, -0.1) is 0 Å². The Morgan fingerprint density at radius 2 is 1.62 bits per heavy atom. The van der Waals surface area contributed by atoms with E-state index in [2.05, 4.69) is 5.32 Å². The van der Waals surface area contributed by atoms with E-state index in [1.807, 2.05) is 50.2 Å². The largest absolute Gasteiger partial charge is 0.492 e. The normalized spacial score (nSPS) is 13.4. The highest BCUT2D eigenvalue weighted by Gasteiger charge is 2.40. The summed E-state index contributed by atoms with van der Waals surface area (Å²) in [5.74, 6) is -0.846. The van der Waals surface area contributed by atoms with Gasteiger partial charge in [0.2, 0.25) is 0 Å². The average molecular weight is 517 g/mol. The fourth-order valence-corrected chi connectivity index (χ4v) is 4.61. The number of hydrogen-bond acceptors (Lipinski definition) is 7. The Balaban J connectivity index is 1.69. The second-order valence-corrected chi connectivity index (χ2v) is 9.70. The lowest BCUT2D eigenvalue weighted by atomic mass is 10.2. The summed E-state index contributed by atoms with van der Waals surface area (Å²) in [6, 6.07) is 21.2. The minimum absolute atomic E-state index is 0.158. The molecule has 0 fully saturated rings. The molecule has 1 N–H and O–H groups in total. The van der Waals surface area contributed by atoms with Crippen LogP contribution < -0.4 is 15.0 Å².